The highest BCUT2D eigenvalue weighted by Crippen LogP contribution is 2.23. The number of amides is 1. The number of thiophene rings is 1. The lowest BCUT2D eigenvalue weighted by molar-refractivity contribution is -0.122. The fraction of sp³-hybridized carbons (Fsp3) is 0.353. The van der Waals surface area contributed by atoms with Gasteiger partial charge in [0.15, 0.2) is 0 Å². The van der Waals surface area contributed by atoms with Gasteiger partial charge in [-0.2, -0.15) is 0 Å². The molecule has 0 atom stereocenters. The molecule has 0 spiro atoms. The molecule has 0 aliphatic carbocycles. The van der Waals surface area contributed by atoms with E-state index in [0.29, 0.717) is 18.7 Å². The topological polar surface area (TPSA) is 32.3 Å². The van der Waals surface area contributed by atoms with E-state index < -0.39 is 0 Å². The van der Waals surface area contributed by atoms with Gasteiger partial charge < -0.3 is 5.32 Å². The van der Waals surface area contributed by atoms with Gasteiger partial charge in [-0.15, -0.1) is 11.3 Å². The first-order valence-electron chi connectivity index (χ1n) is 7.41. The fourth-order valence-electron chi connectivity index (χ4n) is 2.65. The molecule has 0 radical (unpaired) electrons. The van der Waals surface area contributed by atoms with E-state index in [2.05, 4.69) is 21.7 Å². The van der Waals surface area contributed by atoms with Crippen LogP contribution < -0.4 is 5.32 Å². The summed E-state index contributed by atoms with van der Waals surface area (Å²) in [5, 5.41) is 4.98. The summed E-state index contributed by atoms with van der Waals surface area (Å²) >= 11 is 1.79. The monoisotopic (exact) mass is 318 g/mol. The van der Waals surface area contributed by atoms with Crippen molar-refractivity contribution >= 4 is 17.2 Å². The third-order valence-corrected chi connectivity index (χ3v) is 5.00. The molecule has 3 rings (SSSR count). The zero-order chi connectivity index (χ0) is 15.5. The minimum atomic E-state index is -0.229. The van der Waals surface area contributed by atoms with Gasteiger partial charge in [0.05, 0.1) is 6.54 Å². The third kappa shape index (κ3) is 3.54. The number of nitrogens with zero attached hydrogens (tertiary/aromatic N) is 1. The predicted molar refractivity (Wildman–Crippen MR) is 86.3 cm³/mol. The van der Waals surface area contributed by atoms with Gasteiger partial charge in [-0.1, -0.05) is 12.1 Å². The van der Waals surface area contributed by atoms with Gasteiger partial charge in [0.1, 0.15) is 5.82 Å². The molecule has 1 aliphatic rings. The van der Waals surface area contributed by atoms with Crippen LogP contribution >= 0.6 is 11.3 Å². The number of hydrogen-bond acceptors (Lipinski definition) is 3. The maximum Gasteiger partial charge on any atom is 0.234 e. The second kappa shape index (κ2) is 6.58. The van der Waals surface area contributed by atoms with Crippen LogP contribution in [0.1, 0.15) is 21.6 Å². The summed E-state index contributed by atoms with van der Waals surface area (Å²) in [5.41, 5.74) is 2.75. The average Bonchev–Trinajstić information content (AvgIpc) is 2.96. The summed E-state index contributed by atoms with van der Waals surface area (Å²) in [6, 6.07) is 7.20. The molecular weight excluding hydrogens is 299 g/mol. The van der Waals surface area contributed by atoms with Crippen molar-refractivity contribution in [1.29, 1.82) is 0 Å². The zero-order valence-corrected chi connectivity index (χ0v) is 13.4. The molecule has 1 N–H and O–H groups in total. The second-order valence-corrected chi connectivity index (χ2v) is 6.69. The van der Waals surface area contributed by atoms with E-state index in [1.165, 1.54) is 16.5 Å². The Morgan fingerprint density at radius 2 is 2.27 bits per heavy atom. The zero-order valence-electron chi connectivity index (χ0n) is 12.6. The summed E-state index contributed by atoms with van der Waals surface area (Å²) in [4.78, 5) is 15.6. The number of fused-ring (bicyclic) bond motifs is 1. The van der Waals surface area contributed by atoms with E-state index in [9.17, 15) is 9.18 Å². The summed E-state index contributed by atoms with van der Waals surface area (Å²) in [5.74, 6) is -0.243. The molecule has 0 bridgehead atoms. The van der Waals surface area contributed by atoms with Crippen LogP contribution in [0.5, 0.6) is 0 Å². The highest BCUT2D eigenvalue weighted by Gasteiger charge is 2.19. The lowest BCUT2D eigenvalue weighted by atomic mass is 10.1. The predicted octanol–water partition coefficient (Wildman–Crippen LogP) is 2.87. The van der Waals surface area contributed by atoms with Crippen LogP contribution in [0.25, 0.3) is 0 Å². The molecule has 1 amide bonds. The van der Waals surface area contributed by atoms with E-state index >= 15 is 0 Å². The Bertz CT molecular complexity index is 683. The number of halogens is 1. The molecule has 1 aromatic heterocycles. The number of aryl methyl sites for hydroxylation is 1. The molecule has 0 saturated carbocycles. The van der Waals surface area contributed by atoms with E-state index in [0.717, 1.165) is 25.1 Å². The van der Waals surface area contributed by atoms with E-state index in [1.54, 1.807) is 24.3 Å². The van der Waals surface area contributed by atoms with Gasteiger partial charge in [-0.25, -0.2) is 4.39 Å². The molecule has 0 unspecified atom stereocenters. The quantitative estimate of drug-likeness (QED) is 0.940. The summed E-state index contributed by atoms with van der Waals surface area (Å²) in [6.45, 7) is 4.25. The maximum absolute atomic E-state index is 13.5. The Balaban J connectivity index is 1.50. The molecule has 1 aliphatic heterocycles. The largest absolute Gasteiger partial charge is 0.351 e. The molecule has 22 heavy (non-hydrogen) atoms. The number of carbonyl (C=O) groups excluding carboxylic acids is 1. The first-order valence-corrected chi connectivity index (χ1v) is 8.29. The number of nitrogens with one attached hydrogen (secondary N) is 1. The normalized spacial score (nSPS) is 14.6. The molecule has 0 saturated heterocycles. The number of benzene rings is 1. The van der Waals surface area contributed by atoms with Gasteiger partial charge in [0.25, 0.3) is 0 Å². The third-order valence-electron chi connectivity index (χ3n) is 3.98. The highest BCUT2D eigenvalue weighted by atomic mass is 32.1. The Morgan fingerprint density at radius 3 is 3.09 bits per heavy atom. The van der Waals surface area contributed by atoms with Crippen LogP contribution in [0.4, 0.5) is 4.39 Å². The highest BCUT2D eigenvalue weighted by molar-refractivity contribution is 7.10. The minimum absolute atomic E-state index is 0.0142. The van der Waals surface area contributed by atoms with Crippen LogP contribution in [0.3, 0.4) is 0 Å². The lowest BCUT2D eigenvalue weighted by Gasteiger charge is -2.26. The van der Waals surface area contributed by atoms with Crippen LogP contribution in [-0.4, -0.2) is 23.9 Å². The van der Waals surface area contributed by atoms with Crippen LogP contribution in [0.15, 0.2) is 29.6 Å². The van der Waals surface area contributed by atoms with Gasteiger partial charge in [0.2, 0.25) is 5.91 Å². The van der Waals surface area contributed by atoms with Gasteiger partial charge in [0, 0.05) is 24.5 Å². The number of hydrogen-bond donors (Lipinski definition) is 1. The summed E-state index contributed by atoms with van der Waals surface area (Å²) in [6.07, 6.45) is 1.02. The number of carbonyl (C=O) groups is 1. The molecule has 3 nitrogen and oxygen atoms in total. The average molecular weight is 318 g/mol. The maximum atomic E-state index is 13.5. The van der Waals surface area contributed by atoms with Crippen molar-refractivity contribution in [2.75, 3.05) is 13.1 Å². The first-order chi connectivity index (χ1) is 10.6. The van der Waals surface area contributed by atoms with Crippen LogP contribution in [0, 0.1) is 12.7 Å². The molecular formula is C17H19FN2OS. The van der Waals surface area contributed by atoms with E-state index in [-0.39, 0.29) is 11.7 Å². The molecule has 1 aromatic carbocycles. The van der Waals surface area contributed by atoms with Crippen molar-refractivity contribution in [3.63, 3.8) is 0 Å². The van der Waals surface area contributed by atoms with E-state index in [1.807, 2.05) is 6.07 Å². The van der Waals surface area contributed by atoms with Crippen molar-refractivity contribution in [3.05, 3.63) is 57.0 Å². The Kier molecular flexibility index (Phi) is 4.55. The van der Waals surface area contributed by atoms with Crippen molar-refractivity contribution in [1.82, 2.24) is 10.2 Å². The SMILES string of the molecule is Cc1ccc(CNC(=O)CN2CCc3sccc3C2)cc1F. The van der Waals surface area contributed by atoms with Crippen molar-refractivity contribution < 1.29 is 9.18 Å². The van der Waals surface area contributed by atoms with Crippen molar-refractivity contribution in [2.24, 2.45) is 0 Å². The van der Waals surface area contributed by atoms with Crippen LogP contribution in [0.2, 0.25) is 0 Å². The van der Waals surface area contributed by atoms with Crippen molar-refractivity contribution in [3.8, 4) is 0 Å². The lowest BCUT2D eigenvalue weighted by Crippen LogP contribution is -2.39. The molecule has 2 heterocycles. The van der Waals surface area contributed by atoms with E-state index in [4.69, 9.17) is 0 Å². The van der Waals surface area contributed by atoms with Gasteiger partial charge in [-0.3, -0.25) is 9.69 Å². The number of rotatable bonds is 4. The minimum Gasteiger partial charge on any atom is -0.351 e. The summed E-state index contributed by atoms with van der Waals surface area (Å²) in [7, 11) is 0. The van der Waals surface area contributed by atoms with Gasteiger partial charge in [-0.05, 0) is 47.5 Å². The Morgan fingerprint density at radius 1 is 1.41 bits per heavy atom. The van der Waals surface area contributed by atoms with Crippen molar-refractivity contribution in [2.45, 2.75) is 26.4 Å². The van der Waals surface area contributed by atoms with Crippen LogP contribution in [-0.2, 0) is 24.3 Å². The van der Waals surface area contributed by atoms with Gasteiger partial charge >= 0.3 is 0 Å². The smallest absolute Gasteiger partial charge is 0.234 e. The Labute approximate surface area is 133 Å². The molecule has 116 valence electrons. The standard InChI is InChI=1S/C17H19FN2OS/c1-12-2-3-13(8-15(12)18)9-19-17(21)11-20-6-4-16-14(10-20)5-7-22-16/h2-3,5,7-8H,4,6,9-11H2,1H3,(H,19,21). The molecule has 2 aromatic rings. The second-order valence-electron chi connectivity index (χ2n) is 5.69. The first kappa shape index (κ1) is 15.2. The molecule has 0 fully saturated rings. The summed E-state index contributed by atoms with van der Waals surface area (Å²) < 4.78 is 13.5. The fourth-order valence-corrected chi connectivity index (χ4v) is 3.54. The molecule has 5 heteroatoms. The Hall–Kier alpha value is -1.72.